The molecule has 0 N–H and O–H groups in total. The lowest BCUT2D eigenvalue weighted by Gasteiger charge is -2.09. The van der Waals surface area contributed by atoms with Gasteiger partial charge in [0, 0.05) is 6.54 Å². The molecule has 2 heterocycles. The SMILES string of the molecule is Cc1ccc(/C=C/CN2C(=O)c3ccccc3C2=O)o1. The second-order valence-corrected chi connectivity index (χ2v) is 4.62. The maximum absolute atomic E-state index is 12.1. The first-order valence-electron chi connectivity index (χ1n) is 6.35. The van der Waals surface area contributed by atoms with Gasteiger partial charge in [-0.05, 0) is 37.3 Å². The van der Waals surface area contributed by atoms with Crippen LogP contribution in [0.5, 0.6) is 0 Å². The highest BCUT2D eigenvalue weighted by Gasteiger charge is 2.33. The molecule has 2 amide bonds. The molecule has 0 radical (unpaired) electrons. The third kappa shape index (κ3) is 2.05. The second kappa shape index (κ2) is 4.81. The van der Waals surface area contributed by atoms with E-state index < -0.39 is 0 Å². The number of amides is 2. The predicted molar refractivity (Wildman–Crippen MR) is 74.3 cm³/mol. The summed E-state index contributed by atoms with van der Waals surface area (Å²) in [6, 6.07) is 10.6. The van der Waals surface area contributed by atoms with Crippen LogP contribution < -0.4 is 0 Å². The highest BCUT2D eigenvalue weighted by Crippen LogP contribution is 2.22. The summed E-state index contributed by atoms with van der Waals surface area (Å²) in [6.07, 6.45) is 3.51. The quantitative estimate of drug-likeness (QED) is 0.803. The number of benzene rings is 1. The van der Waals surface area contributed by atoms with E-state index in [2.05, 4.69) is 0 Å². The molecule has 1 aromatic carbocycles. The molecule has 0 fully saturated rings. The van der Waals surface area contributed by atoms with Gasteiger partial charge in [0.2, 0.25) is 0 Å². The Hall–Kier alpha value is -2.62. The zero-order valence-corrected chi connectivity index (χ0v) is 11.0. The highest BCUT2D eigenvalue weighted by atomic mass is 16.3. The number of furan rings is 1. The number of fused-ring (bicyclic) bond motifs is 1. The third-order valence-electron chi connectivity index (χ3n) is 3.21. The summed E-state index contributed by atoms with van der Waals surface area (Å²) >= 11 is 0. The Morgan fingerprint density at radius 2 is 1.70 bits per heavy atom. The van der Waals surface area contributed by atoms with Gasteiger partial charge in [0.15, 0.2) is 0 Å². The van der Waals surface area contributed by atoms with Crippen LogP contribution in [0.3, 0.4) is 0 Å². The van der Waals surface area contributed by atoms with Crippen LogP contribution in [-0.2, 0) is 0 Å². The molecule has 0 atom stereocenters. The number of hydrogen-bond donors (Lipinski definition) is 0. The van der Waals surface area contributed by atoms with Gasteiger partial charge in [-0.2, -0.15) is 0 Å². The molecule has 0 unspecified atom stereocenters. The van der Waals surface area contributed by atoms with E-state index >= 15 is 0 Å². The van der Waals surface area contributed by atoms with Gasteiger partial charge >= 0.3 is 0 Å². The fourth-order valence-corrected chi connectivity index (χ4v) is 2.22. The Kier molecular flexibility index (Phi) is 2.99. The van der Waals surface area contributed by atoms with Gasteiger partial charge in [0.1, 0.15) is 11.5 Å². The van der Waals surface area contributed by atoms with Crippen molar-refractivity contribution in [3.8, 4) is 0 Å². The minimum atomic E-state index is -0.245. The van der Waals surface area contributed by atoms with Crippen LogP contribution in [-0.4, -0.2) is 23.3 Å². The molecule has 1 aromatic heterocycles. The molecule has 1 aliphatic heterocycles. The largest absolute Gasteiger partial charge is 0.462 e. The molecule has 2 aromatic rings. The number of carbonyl (C=O) groups is 2. The van der Waals surface area contributed by atoms with E-state index in [0.717, 1.165) is 5.76 Å². The Labute approximate surface area is 116 Å². The van der Waals surface area contributed by atoms with Gasteiger partial charge in [-0.1, -0.05) is 18.2 Å². The number of rotatable bonds is 3. The summed E-state index contributed by atoms with van der Waals surface area (Å²) in [4.78, 5) is 25.4. The first kappa shape index (κ1) is 12.4. The van der Waals surface area contributed by atoms with Gasteiger partial charge < -0.3 is 4.42 Å². The van der Waals surface area contributed by atoms with Crippen molar-refractivity contribution in [2.75, 3.05) is 6.54 Å². The molecule has 0 bridgehead atoms. The number of aryl methyl sites for hydroxylation is 1. The monoisotopic (exact) mass is 267 g/mol. The fraction of sp³-hybridized carbons (Fsp3) is 0.125. The smallest absolute Gasteiger partial charge is 0.261 e. The van der Waals surface area contributed by atoms with Gasteiger partial charge in [-0.3, -0.25) is 14.5 Å². The predicted octanol–water partition coefficient (Wildman–Crippen LogP) is 2.90. The van der Waals surface area contributed by atoms with Crippen molar-refractivity contribution >= 4 is 17.9 Å². The van der Waals surface area contributed by atoms with Crippen molar-refractivity contribution in [3.63, 3.8) is 0 Å². The second-order valence-electron chi connectivity index (χ2n) is 4.62. The van der Waals surface area contributed by atoms with Gasteiger partial charge in [-0.15, -0.1) is 0 Å². The number of hydrogen-bond acceptors (Lipinski definition) is 3. The Bertz CT molecular complexity index is 677. The molecule has 20 heavy (non-hydrogen) atoms. The van der Waals surface area contributed by atoms with Gasteiger partial charge in [-0.25, -0.2) is 0 Å². The van der Waals surface area contributed by atoms with Crippen LogP contribution in [0, 0.1) is 6.92 Å². The lowest BCUT2D eigenvalue weighted by molar-refractivity contribution is 0.0672. The average molecular weight is 267 g/mol. The van der Waals surface area contributed by atoms with E-state index in [1.807, 2.05) is 19.1 Å². The lowest BCUT2D eigenvalue weighted by atomic mass is 10.1. The zero-order chi connectivity index (χ0) is 14.1. The van der Waals surface area contributed by atoms with Crippen molar-refractivity contribution in [2.24, 2.45) is 0 Å². The highest BCUT2D eigenvalue weighted by molar-refractivity contribution is 6.21. The van der Waals surface area contributed by atoms with Crippen LogP contribution in [0.25, 0.3) is 6.08 Å². The number of nitrogens with zero attached hydrogens (tertiary/aromatic N) is 1. The molecule has 0 aliphatic carbocycles. The van der Waals surface area contributed by atoms with Crippen molar-refractivity contribution in [3.05, 3.63) is 65.1 Å². The zero-order valence-electron chi connectivity index (χ0n) is 11.0. The van der Waals surface area contributed by atoms with Crippen LogP contribution in [0.15, 0.2) is 46.9 Å². The van der Waals surface area contributed by atoms with Gasteiger partial charge in [0.05, 0.1) is 11.1 Å². The first-order chi connectivity index (χ1) is 9.66. The average Bonchev–Trinajstić information content (AvgIpc) is 2.97. The van der Waals surface area contributed by atoms with Crippen LogP contribution in [0.4, 0.5) is 0 Å². The fourth-order valence-electron chi connectivity index (χ4n) is 2.22. The van der Waals surface area contributed by atoms with Gasteiger partial charge in [0.25, 0.3) is 11.8 Å². The minimum Gasteiger partial charge on any atom is -0.462 e. The molecule has 1 aliphatic rings. The van der Waals surface area contributed by atoms with E-state index in [4.69, 9.17) is 4.42 Å². The van der Waals surface area contributed by atoms with E-state index in [1.54, 1.807) is 36.4 Å². The third-order valence-corrected chi connectivity index (χ3v) is 3.21. The Balaban J connectivity index is 1.75. The lowest BCUT2D eigenvalue weighted by Crippen LogP contribution is -2.29. The van der Waals surface area contributed by atoms with Crippen LogP contribution >= 0.6 is 0 Å². The normalized spacial score (nSPS) is 14.3. The van der Waals surface area contributed by atoms with Crippen LogP contribution in [0.1, 0.15) is 32.2 Å². The summed E-state index contributed by atoms with van der Waals surface area (Å²) < 4.78 is 5.39. The number of imide groups is 1. The minimum absolute atomic E-state index is 0.242. The topological polar surface area (TPSA) is 50.5 Å². The van der Waals surface area contributed by atoms with Crippen LogP contribution in [0.2, 0.25) is 0 Å². The number of carbonyl (C=O) groups excluding carboxylic acids is 2. The molecule has 100 valence electrons. The van der Waals surface area contributed by atoms with Crippen molar-refractivity contribution in [1.82, 2.24) is 4.90 Å². The van der Waals surface area contributed by atoms with Crippen molar-refractivity contribution < 1.29 is 14.0 Å². The summed E-state index contributed by atoms with van der Waals surface area (Å²) in [5.41, 5.74) is 0.944. The summed E-state index contributed by atoms with van der Waals surface area (Å²) in [5.74, 6) is 1.04. The molecular weight excluding hydrogens is 254 g/mol. The van der Waals surface area contributed by atoms with E-state index in [0.29, 0.717) is 16.9 Å². The summed E-state index contributed by atoms with van der Waals surface area (Å²) in [6.45, 7) is 2.10. The maximum atomic E-state index is 12.1. The Morgan fingerprint density at radius 1 is 1.05 bits per heavy atom. The standard InChI is InChI=1S/C16H13NO3/c1-11-8-9-12(20-11)5-4-10-17-15(18)13-6-2-3-7-14(13)16(17)19/h2-9H,10H2,1H3/b5-4+. The molecule has 0 saturated heterocycles. The van der Waals surface area contributed by atoms with E-state index in [9.17, 15) is 9.59 Å². The molecule has 4 heteroatoms. The maximum Gasteiger partial charge on any atom is 0.261 e. The molecule has 3 rings (SSSR count). The molecular formula is C16H13NO3. The van der Waals surface area contributed by atoms with Crippen molar-refractivity contribution in [2.45, 2.75) is 6.92 Å². The molecule has 4 nitrogen and oxygen atoms in total. The van der Waals surface area contributed by atoms with E-state index in [1.165, 1.54) is 4.90 Å². The molecule has 0 spiro atoms. The van der Waals surface area contributed by atoms with Crippen molar-refractivity contribution in [1.29, 1.82) is 0 Å². The Morgan fingerprint density at radius 3 is 2.25 bits per heavy atom. The first-order valence-corrected chi connectivity index (χ1v) is 6.35. The molecule has 0 saturated carbocycles. The summed E-state index contributed by atoms with van der Waals surface area (Å²) in [7, 11) is 0. The van der Waals surface area contributed by atoms with E-state index in [-0.39, 0.29) is 18.4 Å². The summed E-state index contributed by atoms with van der Waals surface area (Å²) in [5, 5.41) is 0.